The lowest BCUT2D eigenvalue weighted by Gasteiger charge is -2.06. The van der Waals surface area contributed by atoms with Crippen LogP contribution >= 0.6 is 0 Å². The van der Waals surface area contributed by atoms with E-state index in [2.05, 4.69) is 10.1 Å². The summed E-state index contributed by atoms with van der Waals surface area (Å²) in [7, 11) is 1.78. The monoisotopic (exact) mass is 255 g/mol. The van der Waals surface area contributed by atoms with Crippen molar-refractivity contribution in [2.75, 3.05) is 0 Å². The fourth-order valence-corrected chi connectivity index (χ4v) is 2.34. The Kier molecular flexibility index (Phi) is 2.38. The lowest BCUT2D eigenvalue weighted by Crippen LogP contribution is -2.15. The Morgan fingerprint density at radius 2 is 2.05 bits per heavy atom. The van der Waals surface area contributed by atoms with Crippen LogP contribution in [0.15, 0.2) is 30.6 Å². The van der Waals surface area contributed by atoms with Crippen molar-refractivity contribution < 1.29 is 4.79 Å². The largest absolute Gasteiger partial charge is 0.365 e. The molecule has 0 bridgehead atoms. The molecule has 0 fully saturated rings. The van der Waals surface area contributed by atoms with E-state index < -0.39 is 5.91 Å². The molecule has 2 aromatic heterocycles. The Bertz CT molecular complexity index is 784. The number of para-hydroxylation sites is 2. The SMILES string of the molecule is Cc1nn(C)c(-n2cnc3ccccc32)c1C(N)=O. The van der Waals surface area contributed by atoms with E-state index in [-0.39, 0.29) is 0 Å². The van der Waals surface area contributed by atoms with Crippen LogP contribution in [-0.2, 0) is 7.05 Å². The number of primary amides is 1. The van der Waals surface area contributed by atoms with Crippen LogP contribution in [-0.4, -0.2) is 25.2 Å². The number of aryl methyl sites for hydroxylation is 2. The smallest absolute Gasteiger partial charge is 0.254 e. The maximum absolute atomic E-state index is 11.6. The summed E-state index contributed by atoms with van der Waals surface area (Å²) in [5.41, 5.74) is 8.26. The third-order valence-electron chi connectivity index (χ3n) is 3.12. The highest BCUT2D eigenvalue weighted by molar-refractivity contribution is 5.97. The third kappa shape index (κ3) is 1.61. The fourth-order valence-electron chi connectivity index (χ4n) is 2.34. The van der Waals surface area contributed by atoms with Gasteiger partial charge in [0.05, 0.1) is 16.7 Å². The molecule has 0 saturated heterocycles. The maximum atomic E-state index is 11.6. The molecule has 0 aliphatic carbocycles. The van der Waals surface area contributed by atoms with Gasteiger partial charge in [-0.2, -0.15) is 5.10 Å². The van der Waals surface area contributed by atoms with Gasteiger partial charge in [-0.15, -0.1) is 0 Å². The molecule has 1 amide bonds. The number of carbonyl (C=O) groups excluding carboxylic acids is 1. The van der Waals surface area contributed by atoms with Gasteiger partial charge in [0.1, 0.15) is 17.7 Å². The zero-order valence-electron chi connectivity index (χ0n) is 10.7. The van der Waals surface area contributed by atoms with Crippen molar-refractivity contribution in [3.05, 3.63) is 41.9 Å². The summed E-state index contributed by atoms with van der Waals surface area (Å²) in [5, 5.41) is 4.26. The predicted octanol–water partition coefficient (Wildman–Crippen LogP) is 1.17. The molecule has 0 radical (unpaired) electrons. The van der Waals surface area contributed by atoms with Crippen LogP contribution in [0.2, 0.25) is 0 Å². The second-order valence-corrected chi connectivity index (χ2v) is 4.38. The molecule has 0 spiro atoms. The zero-order valence-corrected chi connectivity index (χ0v) is 10.7. The highest BCUT2D eigenvalue weighted by atomic mass is 16.1. The molecule has 2 heterocycles. The molecule has 0 atom stereocenters. The molecular formula is C13H13N5O. The van der Waals surface area contributed by atoms with E-state index in [1.54, 1.807) is 25.0 Å². The van der Waals surface area contributed by atoms with Crippen LogP contribution in [0.5, 0.6) is 0 Å². The van der Waals surface area contributed by atoms with Gasteiger partial charge >= 0.3 is 0 Å². The number of nitrogens with zero attached hydrogens (tertiary/aromatic N) is 4. The maximum Gasteiger partial charge on any atom is 0.254 e. The topological polar surface area (TPSA) is 78.7 Å². The number of hydrogen-bond donors (Lipinski definition) is 1. The lowest BCUT2D eigenvalue weighted by molar-refractivity contribution is 0.0999. The van der Waals surface area contributed by atoms with Crippen molar-refractivity contribution in [3.63, 3.8) is 0 Å². The highest BCUT2D eigenvalue weighted by Gasteiger charge is 2.20. The van der Waals surface area contributed by atoms with Gasteiger partial charge < -0.3 is 5.73 Å². The molecule has 6 nitrogen and oxygen atoms in total. The molecule has 1 aromatic carbocycles. The van der Waals surface area contributed by atoms with Gasteiger partial charge in [0.25, 0.3) is 5.91 Å². The van der Waals surface area contributed by atoms with Gasteiger partial charge in [-0.3, -0.25) is 14.0 Å². The van der Waals surface area contributed by atoms with E-state index in [0.29, 0.717) is 17.1 Å². The van der Waals surface area contributed by atoms with Crippen LogP contribution in [0.25, 0.3) is 16.9 Å². The standard InChI is InChI=1S/C13H13N5O/c1-8-11(12(14)19)13(17(2)16-8)18-7-15-9-5-3-4-6-10(9)18/h3-7H,1-2H3,(H2,14,19). The van der Waals surface area contributed by atoms with E-state index in [1.807, 2.05) is 28.8 Å². The molecule has 0 unspecified atom stereocenters. The first-order valence-electron chi connectivity index (χ1n) is 5.85. The average Bonchev–Trinajstić information content (AvgIpc) is 2.89. The Labute approximate surface area is 109 Å². The lowest BCUT2D eigenvalue weighted by atomic mass is 10.2. The minimum atomic E-state index is -0.488. The summed E-state index contributed by atoms with van der Waals surface area (Å²) >= 11 is 0. The summed E-state index contributed by atoms with van der Waals surface area (Å²) in [6.07, 6.45) is 1.67. The van der Waals surface area contributed by atoms with Gasteiger partial charge in [-0.25, -0.2) is 4.98 Å². The van der Waals surface area contributed by atoms with Crippen molar-refractivity contribution in [1.29, 1.82) is 0 Å². The van der Waals surface area contributed by atoms with Crippen molar-refractivity contribution in [1.82, 2.24) is 19.3 Å². The van der Waals surface area contributed by atoms with Crippen LogP contribution in [0.3, 0.4) is 0 Å². The first kappa shape index (κ1) is 11.5. The second-order valence-electron chi connectivity index (χ2n) is 4.38. The Hall–Kier alpha value is -2.63. The average molecular weight is 255 g/mol. The van der Waals surface area contributed by atoms with Crippen molar-refractivity contribution in [3.8, 4) is 5.82 Å². The number of benzene rings is 1. The van der Waals surface area contributed by atoms with Crippen molar-refractivity contribution in [2.24, 2.45) is 12.8 Å². The molecule has 3 rings (SSSR count). The quantitative estimate of drug-likeness (QED) is 0.746. The number of rotatable bonds is 2. The number of aromatic nitrogens is 4. The predicted molar refractivity (Wildman–Crippen MR) is 71.1 cm³/mol. The summed E-state index contributed by atoms with van der Waals surface area (Å²) in [5.74, 6) is 0.150. The van der Waals surface area contributed by atoms with E-state index in [4.69, 9.17) is 5.73 Å². The van der Waals surface area contributed by atoms with Gasteiger partial charge in [0.2, 0.25) is 0 Å². The Morgan fingerprint density at radius 3 is 2.79 bits per heavy atom. The first-order chi connectivity index (χ1) is 9.09. The number of amides is 1. The van der Waals surface area contributed by atoms with Crippen LogP contribution in [0, 0.1) is 6.92 Å². The molecule has 2 N–H and O–H groups in total. The van der Waals surface area contributed by atoms with Crippen molar-refractivity contribution >= 4 is 16.9 Å². The van der Waals surface area contributed by atoms with E-state index in [1.165, 1.54) is 0 Å². The number of fused-ring (bicyclic) bond motifs is 1. The third-order valence-corrected chi connectivity index (χ3v) is 3.12. The minimum Gasteiger partial charge on any atom is -0.365 e. The zero-order chi connectivity index (χ0) is 13.6. The van der Waals surface area contributed by atoms with Crippen molar-refractivity contribution in [2.45, 2.75) is 6.92 Å². The minimum absolute atomic E-state index is 0.422. The summed E-state index contributed by atoms with van der Waals surface area (Å²) < 4.78 is 3.47. The number of imidazole rings is 1. The van der Waals surface area contributed by atoms with E-state index >= 15 is 0 Å². The molecule has 0 saturated carbocycles. The first-order valence-corrected chi connectivity index (χ1v) is 5.85. The Balaban J connectivity index is 2.36. The van der Waals surface area contributed by atoms with Crippen LogP contribution in [0.4, 0.5) is 0 Å². The number of nitrogens with two attached hydrogens (primary N) is 1. The van der Waals surface area contributed by atoms with Crippen LogP contribution in [0.1, 0.15) is 16.1 Å². The highest BCUT2D eigenvalue weighted by Crippen LogP contribution is 2.22. The van der Waals surface area contributed by atoms with E-state index in [0.717, 1.165) is 11.0 Å². The molecular weight excluding hydrogens is 242 g/mol. The van der Waals surface area contributed by atoms with Crippen LogP contribution < -0.4 is 5.73 Å². The Morgan fingerprint density at radius 1 is 1.32 bits per heavy atom. The molecule has 19 heavy (non-hydrogen) atoms. The molecule has 6 heteroatoms. The van der Waals surface area contributed by atoms with Gasteiger partial charge in [0, 0.05) is 7.05 Å². The number of hydrogen-bond acceptors (Lipinski definition) is 3. The normalized spacial score (nSPS) is 11.1. The summed E-state index contributed by atoms with van der Waals surface area (Å²) in [6, 6.07) is 7.70. The number of carbonyl (C=O) groups is 1. The van der Waals surface area contributed by atoms with Gasteiger partial charge in [-0.05, 0) is 19.1 Å². The molecule has 0 aliphatic heterocycles. The summed E-state index contributed by atoms with van der Waals surface area (Å²) in [4.78, 5) is 15.9. The fraction of sp³-hybridized carbons (Fsp3) is 0.154. The second kappa shape index (κ2) is 3.94. The van der Waals surface area contributed by atoms with Gasteiger partial charge in [0.15, 0.2) is 0 Å². The summed E-state index contributed by atoms with van der Waals surface area (Å²) in [6.45, 7) is 1.77. The van der Waals surface area contributed by atoms with Gasteiger partial charge in [-0.1, -0.05) is 12.1 Å². The molecule has 96 valence electrons. The van der Waals surface area contributed by atoms with E-state index in [9.17, 15) is 4.79 Å². The molecule has 0 aliphatic rings. The molecule has 3 aromatic rings.